The molecule has 0 aromatic heterocycles. The van der Waals surface area contributed by atoms with Crippen molar-refractivity contribution in [3.8, 4) is 0 Å². The van der Waals surface area contributed by atoms with Crippen LogP contribution in [-0.4, -0.2) is 23.8 Å². The lowest BCUT2D eigenvalue weighted by Crippen LogP contribution is -2.24. The van der Waals surface area contributed by atoms with E-state index in [1.807, 2.05) is 18.2 Å². The van der Waals surface area contributed by atoms with Gasteiger partial charge in [-0.1, -0.05) is 25.1 Å². The molecule has 0 bridgehead atoms. The van der Waals surface area contributed by atoms with Gasteiger partial charge in [0.15, 0.2) is 0 Å². The molecular weight excluding hydrogens is 222 g/mol. The summed E-state index contributed by atoms with van der Waals surface area (Å²) in [6.07, 6.45) is 3.95. The first-order valence-corrected chi connectivity index (χ1v) is 6.81. The van der Waals surface area contributed by atoms with Gasteiger partial charge >= 0.3 is 0 Å². The molecule has 3 nitrogen and oxygen atoms in total. The van der Waals surface area contributed by atoms with Crippen LogP contribution >= 0.6 is 0 Å². The van der Waals surface area contributed by atoms with Crippen LogP contribution in [0.4, 0.5) is 0 Å². The maximum absolute atomic E-state index is 7.48. The van der Waals surface area contributed by atoms with Crippen molar-refractivity contribution < 1.29 is 0 Å². The Morgan fingerprint density at radius 3 is 3.00 bits per heavy atom. The Balaban J connectivity index is 2.00. The van der Waals surface area contributed by atoms with Gasteiger partial charge in [0.25, 0.3) is 0 Å². The minimum absolute atomic E-state index is 0.154. The van der Waals surface area contributed by atoms with E-state index >= 15 is 0 Å². The minimum atomic E-state index is 0.154. The third-order valence-corrected chi connectivity index (χ3v) is 3.75. The number of nitrogens with zero attached hydrogens (tertiary/aromatic N) is 1. The van der Waals surface area contributed by atoms with Crippen molar-refractivity contribution in [2.75, 3.05) is 13.1 Å². The molecule has 2 rings (SSSR count). The Bertz CT molecular complexity index is 414. The summed E-state index contributed by atoms with van der Waals surface area (Å²) in [5.41, 5.74) is 7.62. The molecule has 1 aliphatic heterocycles. The van der Waals surface area contributed by atoms with Crippen molar-refractivity contribution in [2.24, 2.45) is 11.7 Å². The average molecular weight is 245 g/mol. The summed E-state index contributed by atoms with van der Waals surface area (Å²) in [7, 11) is 0. The molecule has 3 N–H and O–H groups in total. The van der Waals surface area contributed by atoms with E-state index in [0.717, 1.165) is 18.0 Å². The van der Waals surface area contributed by atoms with E-state index in [-0.39, 0.29) is 5.84 Å². The monoisotopic (exact) mass is 245 g/mol. The van der Waals surface area contributed by atoms with Gasteiger partial charge in [0.2, 0.25) is 0 Å². The second-order valence-electron chi connectivity index (χ2n) is 5.43. The van der Waals surface area contributed by atoms with Crippen molar-refractivity contribution >= 4 is 5.84 Å². The van der Waals surface area contributed by atoms with E-state index in [1.54, 1.807) is 0 Å². The van der Waals surface area contributed by atoms with Gasteiger partial charge in [0.05, 0.1) is 0 Å². The number of nitrogen functional groups attached to an aromatic ring is 1. The number of hydrogen-bond acceptors (Lipinski definition) is 2. The summed E-state index contributed by atoms with van der Waals surface area (Å²) in [4.78, 5) is 2.52. The Morgan fingerprint density at radius 1 is 1.39 bits per heavy atom. The average Bonchev–Trinajstić information content (AvgIpc) is 2.55. The first-order chi connectivity index (χ1) is 8.65. The summed E-state index contributed by atoms with van der Waals surface area (Å²) in [6, 6.07) is 8.06. The van der Waals surface area contributed by atoms with Crippen LogP contribution in [0.15, 0.2) is 24.3 Å². The fourth-order valence-electron chi connectivity index (χ4n) is 2.58. The van der Waals surface area contributed by atoms with Crippen LogP contribution in [0.25, 0.3) is 0 Å². The first kappa shape index (κ1) is 13.1. The van der Waals surface area contributed by atoms with Crippen LogP contribution in [0, 0.1) is 11.3 Å². The van der Waals surface area contributed by atoms with Crippen molar-refractivity contribution in [1.82, 2.24) is 4.90 Å². The molecule has 98 valence electrons. The molecular formula is C15H23N3. The number of benzene rings is 1. The number of nitrogens with two attached hydrogens (primary N) is 1. The maximum atomic E-state index is 7.48. The van der Waals surface area contributed by atoms with Crippen molar-refractivity contribution in [3.63, 3.8) is 0 Å². The highest BCUT2D eigenvalue weighted by atomic mass is 15.1. The van der Waals surface area contributed by atoms with E-state index in [2.05, 4.69) is 17.9 Å². The Hall–Kier alpha value is -1.35. The van der Waals surface area contributed by atoms with Crippen molar-refractivity contribution in [2.45, 2.75) is 32.7 Å². The molecule has 0 saturated carbocycles. The molecule has 1 unspecified atom stereocenters. The lowest BCUT2D eigenvalue weighted by atomic mass is 10.0. The molecule has 18 heavy (non-hydrogen) atoms. The molecule has 1 fully saturated rings. The minimum Gasteiger partial charge on any atom is -0.384 e. The van der Waals surface area contributed by atoms with Crippen LogP contribution in [0.5, 0.6) is 0 Å². The SMILES string of the molecule is CC1CCCN(Cc2cccc(C(=N)N)c2)CC1. The first-order valence-electron chi connectivity index (χ1n) is 6.81. The van der Waals surface area contributed by atoms with Crippen LogP contribution in [-0.2, 0) is 6.54 Å². The normalized spacial score (nSPS) is 21.5. The zero-order valence-corrected chi connectivity index (χ0v) is 11.2. The van der Waals surface area contributed by atoms with Gasteiger partial charge < -0.3 is 5.73 Å². The van der Waals surface area contributed by atoms with Crippen molar-refractivity contribution in [1.29, 1.82) is 5.41 Å². The molecule has 0 radical (unpaired) electrons. The second-order valence-corrected chi connectivity index (χ2v) is 5.43. The second kappa shape index (κ2) is 6.01. The van der Waals surface area contributed by atoms with Gasteiger partial charge in [-0.2, -0.15) is 0 Å². The lowest BCUT2D eigenvalue weighted by Gasteiger charge is -2.20. The van der Waals surface area contributed by atoms with Crippen LogP contribution in [0.3, 0.4) is 0 Å². The molecule has 1 saturated heterocycles. The topological polar surface area (TPSA) is 53.1 Å². The zero-order valence-electron chi connectivity index (χ0n) is 11.2. The van der Waals surface area contributed by atoms with E-state index in [1.165, 1.54) is 37.9 Å². The largest absolute Gasteiger partial charge is 0.384 e. The van der Waals surface area contributed by atoms with Crippen LogP contribution in [0.2, 0.25) is 0 Å². The highest BCUT2D eigenvalue weighted by Gasteiger charge is 2.13. The summed E-state index contributed by atoms with van der Waals surface area (Å²) < 4.78 is 0. The quantitative estimate of drug-likeness (QED) is 0.635. The summed E-state index contributed by atoms with van der Waals surface area (Å²) in [5.74, 6) is 1.01. The summed E-state index contributed by atoms with van der Waals surface area (Å²) in [5, 5.41) is 7.48. The third-order valence-electron chi connectivity index (χ3n) is 3.75. The molecule has 1 atom stereocenters. The molecule has 0 spiro atoms. The predicted octanol–water partition coefficient (Wildman–Crippen LogP) is 2.59. The molecule has 0 aliphatic carbocycles. The van der Waals surface area contributed by atoms with Crippen LogP contribution in [0.1, 0.15) is 37.3 Å². The highest BCUT2D eigenvalue weighted by Crippen LogP contribution is 2.18. The van der Waals surface area contributed by atoms with Gasteiger partial charge in [-0.15, -0.1) is 0 Å². The smallest absolute Gasteiger partial charge is 0.122 e. The van der Waals surface area contributed by atoms with Gasteiger partial charge in [0, 0.05) is 12.1 Å². The highest BCUT2D eigenvalue weighted by molar-refractivity contribution is 5.95. The maximum Gasteiger partial charge on any atom is 0.122 e. The number of rotatable bonds is 3. The molecule has 1 aromatic rings. The van der Waals surface area contributed by atoms with E-state index in [9.17, 15) is 0 Å². The number of nitrogens with one attached hydrogen (secondary N) is 1. The Kier molecular flexibility index (Phi) is 4.37. The van der Waals surface area contributed by atoms with Gasteiger partial charge in [-0.3, -0.25) is 10.3 Å². The summed E-state index contributed by atoms with van der Waals surface area (Å²) >= 11 is 0. The Morgan fingerprint density at radius 2 is 2.22 bits per heavy atom. The Labute approximate surface area is 109 Å². The fourth-order valence-corrected chi connectivity index (χ4v) is 2.58. The zero-order chi connectivity index (χ0) is 13.0. The predicted molar refractivity (Wildman–Crippen MR) is 75.8 cm³/mol. The standard InChI is InChI=1S/C15H23N3/c1-12-4-3-8-18(9-7-12)11-13-5-2-6-14(10-13)15(16)17/h2,5-6,10,12H,3-4,7-9,11H2,1H3,(H3,16,17). The number of likely N-dealkylation sites (tertiary alicyclic amines) is 1. The van der Waals surface area contributed by atoms with Gasteiger partial charge in [0.1, 0.15) is 5.84 Å². The molecule has 1 aliphatic rings. The third kappa shape index (κ3) is 3.57. The van der Waals surface area contributed by atoms with Gasteiger partial charge in [-0.25, -0.2) is 0 Å². The summed E-state index contributed by atoms with van der Waals surface area (Å²) in [6.45, 7) is 5.70. The molecule has 0 amide bonds. The van der Waals surface area contributed by atoms with Crippen molar-refractivity contribution in [3.05, 3.63) is 35.4 Å². The number of amidine groups is 1. The van der Waals surface area contributed by atoms with Gasteiger partial charge in [-0.05, 0) is 49.9 Å². The van der Waals surface area contributed by atoms with E-state index in [4.69, 9.17) is 11.1 Å². The molecule has 1 aromatic carbocycles. The molecule has 3 heteroatoms. The molecule has 1 heterocycles. The fraction of sp³-hybridized carbons (Fsp3) is 0.533. The van der Waals surface area contributed by atoms with E-state index < -0.39 is 0 Å². The number of hydrogen-bond donors (Lipinski definition) is 2. The lowest BCUT2D eigenvalue weighted by molar-refractivity contribution is 0.273. The van der Waals surface area contributed by atoms with E-state index in [0.29, 0.717) is 0 Å². The van der Waals surface area contributed by atoms with Crippen LogP contribution < -0.4 is 5.73 Å².